The van der Waals surface area contributed by atoms with Crippen molar-refractivity contribution in [2.45, 2.75) is 24.5 Å². The van der Waals surface area contributed by atoms with E-state index in [4.69, 9.17) is 4.42 Å². The summed E-state index contributed by atoms with van der Waals surface area (Å²) in [5, 5.41) is -0.0752. The fraction of sp³-hybridized carbons (Fsp3) is 0.312. The first-order valence-electron chi connectivity index (χ1n) is 6.59. The minimum absolute atomic E-state index is 0.0752. The van der Waals surface area contributed by atoms with Crippen molar-refractivity contribution in [2.75, 3.05) is 7.05 Å². The maximum atomic E-state index is 12.3. The summed E-state index contributed by atoms with van der Waals surface area (Å²) in [6, 6.07) is 13.8. The van der Waals surface area contributed by atoms with E-state index >= 15 is 0 Å². The van der Waals surface area contributed by atoms with Gasteiger partial charge in [-0.1, -0.05) is 30.3 Å². The molecule has 0 aliphatic carbocycles. The molecule has 1 aromatic heterocycles. The molecular formula is C16H19NO2S. The topological polar surface area (TPSA) is 33.5 Å². The number of carbonyl (C=O) groups excluding carboxylic acids is 1. The van der Waals surface area contributed by atoms with Gasteiger partial charge in [0.25, 0.3) is 0 Å². The van der Waals surface area contributed by atoms with Crippen LogP contribution in [0.3, 0.4) is 0 Å². The lowest BCUT2D eigenvalue weighted by Crippen LogP contribution is -2.32. The van der Waals surface area contributed by atoms with E-state index in [1.54, 1.807) is 22.9 Å². The SMILES string of the molecule is CC(SCc1ccco1)C(=O)N(C)Cc1ccccc1. The van der Waals surface area contributed by atoms with Gasteiger partial charge < -0.3 is 9.32 Å². The molecule has 0 aliphatic heterocycles. The van der Waals surface area contributed by atoms with Gasteiger partial charge in [-0.15, -0.1) is 11.8 Å². The Labute approximate surface area is 124 Å². The lowest BCUT2D eigenvalue weighted by Gasteiger charge is -2.21. The highest BCUT2D eigenvalue weighted by molar-refractivity contribution is 7.99. The van der Waals surface area contributed by atoms with Crippen LogP contribution in [0.15, 0.2) is 53.1 Å². The Bertz CT molecular complexity index is 525. The Morgan fingerprint density at radius 1 is 1.25 bits per heavy atom. The second-order valence-corrected chi connectivity index (χ2v) is 6.04. The molecule has 0 aliphatic rings. The summed E-state index contributed by atoms with van der Waals surface area (Å²) in [6.45, 7) is 2.59. The van der Waals surface area contributed by atoms with E-state index in [1.165, 1.54) is 0 Å². The summed E-state index contributed by atoms with van der Waals surface area (Å²) in [5.41, 5.74) is 1.14. The highest BCUT2D eigenvalue weighted by Gasteiger charge is 2.18. The fourth-order valence-corrected chi connectivity index (χ4v) is 2.82. The van der Waals surface area contributed by atoms with E-state index in [-0.39, 0.29) is 11.2 Å². The average Bonchev–Trinajstić information content (AvgIpc) is 2.98. The molecule has 0 saturated carbocycles. The van der Waals surface area contributed by atoms with Crippen LogP contribution < -0.4 is 0 Å². The standard InChI is InChI=1S/C16H19NO2S/c1-13(20-12-15-9-6-10-19-15)16(18)17(2)11-14-7-4-3-5-8-14/h3-10,13H,11-12H2,1-2H3. The Hall–Kier alpha value is -1.68. The van der Waals surface area contributed by atoms with Gasteiger partial charge in [0.15, 0.2) is 0 Å². The van der Waals surface area contributed by atoms with E-state index in [2.05, 4.69) is 0 Å². The number of hydrogen-bond donors (Lipinski definition) is 0. The van der Waals surface area contributed by atoms with E-state index < -0.39 is 0 Å². The van der Waals surface area contributed by atoms with Gasteiger partial charge in [0.1, 0.15) is 5.76 Å². The molecule has 20 heavy (non-hydrogen) atoms. The number of thioether (sulfide) groups is 1. The van der Waals surface area contributed by atoms with Gasteiger partial charge in [0.2, 0.25) is 5.91 Å². The molecule has 106 valence electrons. The highest BCUT2D eigenvalue weighted by Crippen LogP contribution is 2.20. The van der Waals surface area contributed by atoms with E-state index in [1.807, 2.05) is 56.4 Å². The van der Waals surface area contributed by atoms with Crippen molar-refractivity contribution in [3.8, 4) is 0 Å². The van der Waals surface area contributed by atoms with Crippen LogP contribution in [0.25, 0.3) is 0 Å². The van der Waals surface area contributed by atoms with Crippen molar-refractivity contribution < 1.29 is 9.21 Å². The molecular weight excluding hydrogens is 270 g/mol. The summed E-state index contributed by atoms with van der Waals surface area (Å²) >= 11 is 1.60. The third kappa shape index (κ3) is 4.17. The zero-order chi connectivity index (χ0) is 14.4. The van der Waals surface area contributed by atoms with Crippen LogP contribution in [0.4, 0.5) is 0 Å². The molecule has 4 heteroatoms. The van der Waals surface area contributed by atoms with Crippen LogP contribution in [0.5, 0.6) is 0 Å². The molecule has 0 radical (unpaired) electrons. The first-order valence-corrected chi connectivity index (χ1v) is 7.64. The van der Waals surface area contributed by atoms with Crippen LogP contribution in [0.1, 0.15) is 18.2 Å². The summed E-state index contributed by atoms with van der Waals surface area (Å²) in [6.07, 6.45) is 1.66. The molecule has 0 saturated heterocycles. The monoisotopic (exact) mass is 289 g/mol. The molecule has 1 aromatic carbocycles. The predicted octanol–water partition coefficient (Wildman–Crippen LogP) is 3.56. The first-order chi connectivity index (χ1) is 9.66. The maximum absolute atomic E-state index is 12.3. The van der Waals surface area contributed by atoms with Crippen LogP contribution in [0.2, 0.25) is 0 Å². The zero-order valence-electron chi connectivity index (χ0n) is 11.8. The number of carbonyl (C=O) groups is 1. The van der Waals surface area contributed by atoms with Crippen molar-refractivity contribution in [1.82, 2.24) is 4.90 Å². The maximum Gasteiger partial charge on any atom is 0.235 e. The largest absolute Gasteiger partial charge is 0.468 e. The highest BCUT2D eigenvalue weighted by atomic mass is 32.2. The van der Waals surface area contributed by atoms with Gasteiger partial charge in [-0.25, -0.2) is 0 Å². The lowest BCUT2D eigenvalue weighted by atomic mass is 10.2. The Morgan fingerprint density at radius 3 is 2.65 bits per heavy atom. The van der Waals surface area contributed by atoms with Crippen LogP contribution in [-0.2, 0) is 17.1 Å². The molecule has 1 heterocycles. The normalized spacial score (nSPS) is 12.1. The number of furan rings is 1. The average molecular weight is 289 g/mol. The molecule has 0 fully saturated rings. The first kappa shape index (κ1) is 14.7. The molecule has 1 atom stereocenters. The number of nitrogens with zero attached hydrogens (tertiary/aromatic N) is 1. The van der Waals surface area contributed by atoms with E-state index in [0.29, 0.717) is 6.54 Å². The number of hydrogen-bond acceptors (Lipinski definition) is 3. The second-order valence-electron chi connectivity index (χ2n) is 4.71. The summed E-state index contributed by atoms with van der Waals surface area (Å²) < 4.78 is 5.27. The van der Waals surface area contributed by atoms with Gasteiger partial charge >= 0.3 is 0 Å². The van der Waals surface area contributed by atoms with Crippen LogP contribution in [-0.4, -0.2) is 23.1 Å². The summed E-state index contributed by atoms with van der Waals surface area (Å²) in [7, 11) is 1.85. The van der Waals surface area contributed by atoms with Crippen molar-refractivity contribution in [3.05, 3.63) is 60.1 Å². The summed E-state index contributed by atoms with van der Waals surface area (Å²) in [4.78, 5) is 14.1. The second kappa shape index (κ2) is 7.20. The molecule has 0 bridgehead atoms. The molecule has 2 rings (SSSR count). The predicted molar refractivity (Wildman–Crippen MR) is 82.4 cm³/mol. The number of amides is 1. The van der Waals surface area contributed by atoms with Gasteiger partial charge in [-0.2, -0.15) is 0 Å². The Kier molecular flexibility index (Phi) is 5.30. The van der Waals surface area contributed by atoms with E-state index in [0.717, 1.165) is 17.1 Å². The van der Waals surface area contributed by atoms with Crippen molar-refractivity contribution in [3.63, 3.8) is 0 Å². The van der Waals surface area contributed by atoms with Gasteiger partial charge in [-0.05, 0) is 24.6 Å². The molecule has 2 aromatic rings. The third-order valence-electron chi connectivity index (χ3n) is 3.04. The molecule has 1 amide bonds. The van der Waals surface area contributed by atoms with Crippen molar-refractivity contribution >= 4 is 17.7 Å². The Balaban J connectivity index is 1.83. The number of rotatable bonds is 6. The van der Waals surface area contributed by atoms with Crippen molar-refractivity contribution in [1.29, 1.82) is 0 Å². The summed E-state index contributed by atoms with van der Waals surface area (Å²) in [5.74, 6) is 1.77. The van der Waals surface area contributed by atoms with Gasteiger partial charge in [0.05, 0.1) is 17.3 Å². The molecule has 0 N–H and O–H groups in total. The van der Waals surface area contributed by atoms with Gasteiger partial charge in [-0.3, -0.25) is 4.79 Å². The molecule has 0 spiro atoms. The Morgan fingerprint density at radius 2 is 2.00 bits per heavy atom. The van der Waals surface area contributed by atoms with Crippen LogP contribution in [0, 0.1) is 0 Å². The zero-order valence-corrected chi connectivity index (χ0v) is 12.6. The minimum atomic E-state index is -0.0752. The molecule has 1 unspecified atom stereocenters. The van der Waals surface area contributed by atoms with Crippen LogP contribution >= 0.6 is 11.8 Å². The lowest BCUT2D eigenvalue weighted by molar-refractivity contribution is -0.129. The smallest absolute Gasteiger partial charge is 0.235 e. The molecule has 3 nitrogen and oxygen atoms in total. The van der Waals surface area contributed by atoms with Crippen molar-refractivity contribution in [2.24, 2.45) is 0 Å². The number of benzene rings is 1. The fourth-order valence-electron chi connectivity index (χ4n) is 1.92. The third-order valence-corrected chi connectivity index (χ3v) is 4.20. The van der Waals surface area contributed by atoms with E-state index in [9.17, 15) is 4.79 Å². The minimum Gasteiger partial charge on any atom is -0.468 e. The van der Waals surface area contributed by atoms with Gasteiger partial charge in [0, 0.05) is 13.6 Å². The quantitative estimate of drug-likeness (QED) is 0.815.